The Morgan fingerprint density at radius 3 is 2.38 bits per heavy atom. The minimum atomic E-state index is -3.08. The second-order valence-electron chi connectivity index (χ2n) is 6.45. The molecule has 4 nitrogen and oxygen atoms in total. The number of anilines is 1. The largest absolute Gasteiger partial charge is 0.399 e. The average molecular weight is 312 g/mol. The first-order valence-corrected chi connectivity index (χ1v) is 9.10. The molecule has 0 aromatic heterocycles. The molecule has 0 heterocycles. The molecule has 0 fully saturated rings. The fraction of sp³-hybridized carbons (Fsp3) is 0.625. The number of hydrogen-bond acceptors (Lipinski definition) is 4. The first kappa shape index (κ1) is 18.0. The van der Waals surface area contributed by atoms with E-state index in [0.29, 0.717) is 6.54 Å². The molecule has 0 aliphatic heterocycles. The van der Waals surface area contributed by atoms with Gasteiger partial charge in [0.15, 0.2) is 9.84 Å². The van der Waals surface area contributed by atoms with E-state index in [4.69, 9.17) is 5.73 Å². The molecular weight excluding hydrogens is 284 g/mol. The summed E-state index contributed by atoms with van der Waals surface area (Å²) in [6, 6.07) is 7.76. The summed E-state index contributed by atoms with van der Waals surface area (Å²) in [5, 5.41) is 0. The lowest BCUT2D eigenvalue weighted by Crippen LogP contribution is -2.36. The maximum absolute atomic E-state index is 12.2. The lowest BCUT2D eigenvalue weighted by molar-refractivity contribution is 0.281. The molecule has 0 aliphatic carbocycles. The number of sulfone groups is 1. The monoisotopic (exact) mass is 312 g/mol. The van der Waals surface area contributed by atoms with Crippen LogP contribution < -0.4 is 5.73 Å². The number of rotatable bonds is 7. The Labute approximate surface area is 129 Å². The summed E-state index contributed by atoms with van der Waals surface area (Å²) in [6.45, 7) is 9.54. The molecule has 0 spiro atoms. The van der Waals surface area contributed by atoms with Crippen LogP contribution in [-0.2, 0) is 16.4 Å². The predicted molar refractivity (Wildman–Crippen MR) is 90.0 cm³/mol. The molecule has 0 bridgehead atoms. The maximum atomic E-state index is 12.2. The SMILES string of the molecule is CCCN(CCS(=O)(=O)C(C)(C)C)Cc1cccc(N)c1. The second-order valence-corrected chi connectivity index (χ2v) is 9.31. The van der Waals surface area contributed by atoms with Crippen molar-refractivity contribution in [3.05, 3.63) is 29.8 Å². The molecule has 1 rings (SSSR count). The molecule has 1 aromatic rings. The van der Waals surface area contributed by atoms with Gasteiger partial charge in [-0.1, -0.05) is 19.1 Å². The van der Waals surface area contributed by atoms with Crippen LogP contribution in [0.15, 0.2) is 24.3 Å². The summed E-state index contributed by atoms with van der Waals surface area (Å²) in [6.07, 6.45) is 0.998. The van der Waals surface area contributed by atoms with E-state index in [2.05, 4.69) is 11.8 Å². The van der Waals surface area contributed by atoms with E-state index in [1.54, 1.807) is 20.8 Å². The Morgan fingerprint density at radius 1 is 1.19 bits per heavy atom. The smallest absolute Gasteiger partial charge is 0.156 e. The highest BCUT2D eigenvalue weighted by Crippen LogP contribution is 2.17. The number of nitrogen functional groups attached to an aromatic ring is 1. The van der Waals surface area contributed by atoms with Gasteiger partial charge < -0.3 is 5.73 Å². The molecular formula is C16H28N2O2S. The van der Waals surface area contributed by atoms with Crippen LogP contribution in [0.3, 0.4) is 0 Å². The molecule has 120 valence electrons. The summed E-state index contributed by atoms with van der Waals surface area (Å²) in [7, 11) is -3.08. The van der Waals surface area contributed by atoms with E-state index >= 15 is 0 Å². The van der Waals surface area contributed by atoms with Crippen LogP contribution in [-0.4, -0.2) is 36.9 Å². The molecule has 2 N–H and O–H groups in total. The molecule has 0 radical (unpaired) electrons. The van der Waals surface area contributed by atoms with Gasteiger partial charge in [-0.15, -0.1) is 0 Å². The van der Waals surface area contributed by atoms with Crippen molar-refractivity contribution in [2.45, 2.75) is 45.4 Å². The summed E-state index contributed by atoms with van der Waals surface area (Å²) >= 11 is 0. The summed E-state index contributed by atoms with van der Waals surface area (Å²) in [5.41, 5.74) is 7.66. The minimum Gasteiger partial charge on any atom is -0.399 e. The van der Waals surface area contributed by atoms with E-state index in [9.17, 15) is 8.42 Å². The fourth-order valence-electron chi connectivity index (χ4n) is 2.09. The van der Waals surface area contributed by atoms with E-state index in [1.807, 2.05) is 24.3 Å². The van der Waals surface area contributed by atoms with Crippen molar-refractivity contribution >= 4 is 15.5 Å². The van der Waals surface area contributed by atoms with Crippen LogP contribution >= 0.6 is 0 Å². The normalized spacial score (nSPS) is 12.8. The Balaban J connectivity index is 2.71. The van der Waals surface area contributed by atoms with Crippen molar-refractivity contribution in [2.24, 2.45) is 0 Å². The molecule has 5 heteroatoms. The van der Waals surface area contributed by atoms with Crippen LogP contribution in [0, 0.1) is 0 Å². The van der Waals surface area contributed by atoms with Gasteiger partial charge in [-0.2, -0.15) is 0 Å². The molecule has 0 atom stereocenters. The van der Waals surface area contributed by atoms with Gasteiger partial charge in [0.05, 0.1) is 10.5 Å². The molecule has 0 amide bonds. The number of benzene rings is 1. The van der Waals surface area contributed by atoms with Crippen molar-refractivity contribution in [3.8, 4) is 0 Å². The molecule has 0 unspecified atom stereocenters. The molecule has 0 aliphatic rings. The topological polar surface area (TPSA) is 63.4 Å². The lowest BCUT2D eigenvalue weighted by Gasteiger charge is -2.25. The van der Waals surface area contributed by atoms with E-state index < -0.39 is 14.6 Å². The van der Waals surface area contributed by atoms with Crippen molar-refractivity contribution in [1.29, 1.82) is 0 Å². The zero-order valence-electron chi connectivity index (χ0n) is 13.6. The Kier molecular flexibility index (Phi) is 6.23. The van der Waals surface area contributed by atoms with Gasteiger partial charge >= 0.3 is 0 Å². The molecule has 1 aromatic carbocycles. The summed E-state index contributed by atoms with van der Waals surface area (Å²) in [4.78, 5) is 2.18. The quantitative estimate of drug-likeness (QED) is 0.786. The third-order valence-corrected chi connectivity index (χ3v) is 6.09. The number of hydrogen-bond donors (Lipinski definition) is 1. The van der Waals surface area contributed by atoms with Crippen LogP contribution in [0.1, 0.15) is 39.7 Å². The summed E-state index contributed by atoms with van der Waals surface area (Å²) < 4.78 is 23.7. The van der Waals surface area contributed by atoms with E-state index in [1.165, 1.54) is 0 Å². The first-order valence-electron chi connectivity index (χ1n) is 7.45. The van der Waals surface area contributed by atoms with Gasteiger partial charge in [-0.25, -0.2) is 8.42 Å². The predicted octanol–water partition coefficient (Wildman–Crippen LogP) is 2.69. The highest BCUT2D eigenvalue weighted by molar-refractivity contribution is 7.92. The maximum Gasteiger partial charge on any atom is 0.156 e. The van der Waals surface area contributed by atoms with Crippen molar-refractivity contribution < 1.29 is 8.42 Å². The number of nitrogens with zero attached hydrogens (tertiary/aromatic N) is 1. The van der Waals surface area contributed by atoms with Gasteiger partial charge in [-0.05, 0) is 51.4 Å². The highest BCUT2D eigenvalue weighted by atomic mass is 32.2. The Hall–Kier alpha value is -1.07. The molecule has 0 saturated carbocycles. The zero-order valence-corrected chi connectivity index (χ0v) is 14.4. The van der Waals surface area contributed by atoms with Crippen molar-refractivity contribution in [1.82, 2.24) is 4.90 Å². The lowest BCUT2D eigenvalue weighted by atomic mass is 10.2. The van der Waals surface area contributed by atoms with E-state index in [0.717, 1.165) is 30.8 Å². The van der Waals surface area contributed by atoms with Crippen LogP contribution in [0.4, 0.5) is 5.69 Å². The Morgan fingerprint density at radius 2 is 1.86 bits per heavy atom. The van der Waals surface area contributed by atoms with Crippen LogP contribution in [0.2, 0.25) is 0 Å². The van der Waals surface area contributed by atoms with Crippen molar-refractivity contribution in [3.63, 3.8) is 0 Å². The van der Waals surface area contributed by atoms with Gasteiger partial charge in [-0.3, -0.25) is 4.90 Å². The highest BCUT2D eigenvalue weighted by Gasteiger charge is 2.28. The van der Waals surface area contributed by atoms with Gasteiger partial charge in [0.25, 0.3) is 0 Å². The molecule has 0 saturated heterocycles. The molecule has 21 heavy (non-hydrogen) atoms. The third kappa shape index (κ3) is 5.67. The Bertz CT molecular complexity index is 548. The van der Waals surface area contributed by atoms with Crippen molar-refractivity contribution in [2.75, 3.05) is 24.6 Å². The third-order valence-electron chi connectivity index (χ3n) is 3.51. The van der Waals surface area contributed by atoms with Gasteiger partial charge in [0, 0.05) is 18.8 Å². The van der Waals surface area contributed by atoms with Gasteiger partial charge in [0.1, 0.15) is 0 Å². The van der Waals surface area contributed by atoms with Crippen LogP contribution in [0.5, 0.6) is 0 Å². The second kappa shape index (κ2) is 7.27. The minimum absolute atomic E-state index is 0.193. The van der Waals surface area contributed by atoms with Gasteiger partial charge in [0.2, 0.25) is 0 Å². The standard InChI is InChI=1S/C16H28N2O2S/c1-5-9-18(10-11-21(19,20)16(2,3)4)13-14-7-6-8-15(17)12-14/h6-8,12H,5,9-11,13,17H2,1-4H3. The summed E-state index contributed by atoms with van der Waals surface area (Å²) in [5.74, 6) is 0.193. The number of nitrogens with two attached hydrogens (primary N) is 1. The fourth-order valence-corrected chi connectivity index (χ4v) is 3.20. The van der Waals surface area contributed by atoms with Crippen LogP contribution in [0.25, 0.3) is 0 Å². The van der Waals surface area contributed by atoms with E-state index in [-0.39, 0.29) is 5.75 Å². The first-order chi connectivity index (χ1) is 9.65. The average Bonchev–Trinajstić information content (AvgIpc) is 2.35. The zero-order chi connectivity index (χ0) is 16.1.